The van der Waals surface area contributed by atoms with Gasteiger partial charge >= 0.3 is 5.97 Å². The van der Waals surface area contributed by atoms with Gasteiger partial charge in [-0.15, -0.1) is 0 Å². The first-order valence-electron chi connectivity index (χ1n) is 20.5. The second kappa shape index (κ2) is 25.6. The van der Waals surface area contributed by atoms with Gasteiger partial charge in [-0.2, -0.15) is 0 Å². The molecule has 14 N–H and O–H groups in total. The van der Waals surface area contributed by atoms with Gasteiger partial charge in [0.15, 0.2) is 0 Å². The Labute approximate surface area is 354 Å². The molecule has 7 atom stereocenters. The lowest BCUT2D eigenvalue weighted by Gasteiger charge is -2.28. The fraction of sp³-hybridized carbons (Fsp3) is 0.575. The van der Waals surface area contributed by atoms with Crippen molar-refractivity contribution in [2.24, 2.45) is 17.4 Å². The number of rotatable bonds is 27. The third-order valence-electron chi connectivity index (χ3n) is 9.93. The van der Waals surface area contributed by atoms with Gasteiger partial charge in [0.1, 0.15) is 36.3 Å². The Morgan fingerprint density at radius 3 is 1.92 bits per heavy atom. The first-order chi connectivity index (χ1) is 29.1. The van der Waals surface area contributed by atoms with Crippen LogP contribution >= 0.6 is 0 Å². The number of carbonyl (C=O) groups excluding carboxylic acids is 7. The number of aromatic amines is 1. The van der Waals surface area contributed by atoms with Gasteiger partial charge in [0.25, 0.3) is 0 Å². The van der Waals surface area contributed by atoms with Crippen LogP contribution in [0.2, 0.25) is 0 Å². The van der Waals surface area contributed by atoms with E-state index in [-0.39, 0.29) is 51.0 Å². The van der Waals surface area contributed by atoms with Crippen molar-refractivity contribution in [3.05, 3.63) is 54.1 Å². The molecule has 1 fully saturated rings. The zero-order valence-electron chi connectivity index (χ0n) is 34.6. The minimum Gasteiger partial charge on any atom is -0.480 e. The summed E-state index contributed by atoms with van der Waals surface area (Å²) in [5, 5.41) is 38.3. The smallest absolute Gasteiger partial charge is 0.326 e. The number of amides is 7. The monoisotopic (exact) mass is 855 g/mol. The molecule has 1 aliphatic heterocycles. The summed E-state index contributed by atoms with van der Waals surface area (Å²) in [4.78, 5) is 112. The van der Waals surface area contributed by atoms with E-state index < -0.39 is 96.2 Å². The third-order valence-corrected chi connectivity index (χ3v) is 9.93. The Hall–Kier alpha value is -5.93. The number of nitrogens with two attached hydrogens (primary N) is 2. The molecule has 2 aromatic rings. The summed E-state index contributed by atoms with van der Waals surface area (Å²) in [6, 6.07) is 0.156. The highest BCUT2D eigenvalue weighted by Gasteiger charge is 2.35. The van der Waals surface area contributed by atoms with Crippen LogP contribution in [0, 0.1) is 5.92 Å². The van der Waals surface area contributed by atoms with Crippen molar-refractivity contribution < 1.29 is 48.6 Å². The molecule has 21 nitrogen and oxygen atoms in total. The Morgan fingerprint density at radius 1 is 0.770 bits per heavy atom. The van der Waals surface area contributed by atoms with Gasteiger partial charge < -0.3 is 63.9 Å². The molecule has 0 aliphatic carbocycles. The van der Waals surface area contributed by atoms with Crippen molar-refractivity contribution in [3.63, 3.8) is 0 Å². The van der Waals surface area contributed by atoms with Crippen molar-refractivity contribution >= 4 is 47.3 Å². The molecule has 21 heteroatoms. The number of nitrogens with one attached hydrogen (secondary N) is 8. The largest absolute Gasteiger partial charge is 0.480 e. The number of nitrogens with zero attached hydrogens (tertiary/aromatic N) is 1. The van der Waals surface area contributed by atoms with Crippen LogP contribution in [0.3, 0.4) is 0 Å². The van der Waals surface area contributed by atoms with Crippen LogP contribution in [0.5, 0.6) is 0 Å². The molecule has 7 amide bonds. The van der Waals surface area contributed by atoms with Crippen LogP contribution in [0.15, 0.2) is 42.9 Å². The molecule has 0 saturated carbocycles. The first-order valence-corrected chi connectivity index (χ1v) is 20.5. The zero-order chi connectivity index (χ0) is 44.9. The van der Waals surface area contributed by atoms with Crippen LogP contribution in [0.4, 0.5) is 0 Å². The molecule has 336 valence electrons. The molecule has 1 aromatic heterocycles. The van der Waals surface area contributed by atoms with E-state index in [2.05, 4.69) is 47.2 Å². The van der Waals surface area contributed by atoms with Crippen LogP contribution in [-0.2, 0) is 51.2 Å². The topological polar surface area (TPSA) is 342 Å². The third kappa shape index (κ3) is 17.3. The Morgan fingerprint density at radius 2 is 1.36 bits per heavy atom. The number of carboxylic acid groups (broad SMARTS) is 1. The standard InChI is InChI=1S/C40H61N11O10/c1-23(2)17-29(48-39(59)32(21-52)51-34(54)26-12-8-16-44-26)36(56)50-31(19-25-20-43-22-45-25)38(58)49-30(18-24-9-4-3-5-10-24)37(57)46-27(11-6-7-15-41)35(55)47-28(40(60)61)13-14-33(42)53/h3-5,9-10,20,22-23,26-32,44,52H,6-8,11-19,21,41H2,1-2H3,(H2,42,53)(H,43,45)(H,46,57)(H,47,55)(H,48,59)(H,49,58)(H,50,56)(H,51,54)(H,60,61)/t26-,27-,28-,29-,30-,31-,32-/m0/s1. The number of primary amides is 1. The minimum absolute atomic E-state index is 0.0582. The van der Waals surface area contributed by atoms with E-state index in [0.29, 0.717) is 37.1 Å². The first kappa shape index (κ1) is 49.4. The maximum atomic E-state index is 14.2. The SMILES string of the molecule is CC(C)C[C@H](NC(=O)[C@H](CO)NC(=O)[C@@H]1CCCN1)C(=O)N[C@@H](Cc1cnc[nH]1)C(=O)N[C@@H](Cc1ccccc1)C(=O)N[C@@H](CCCCN)C(=O)N[C@@H](CCC(N)=O)C(=O)O. The number of imidazole rings is 1. The number of hydrogen-bond donors (Lipinski definition) is 12. The fourth-order valence-corrected chi connectivity index (χ4v) is 6.63. The highest BCUT2D eigenvalue weighted by molar-refractivity contribution is 5.97. The second-order valence-corrected chi connectivity index (χ2v) is 15.4. The fourth-order valence-electron chi connectivity index (χ4n) is 6.63. The summed E-state index contributed by atoms with van der Waals surface area (Å²) in [7, 11) is 0. The summed E-state index contributed by atoms with van der Waals surface area (Å²) in [5.74, 6) is -6.78. The highest BCUT2D eigenvalue weighted by Crippen LogP contribution is 2.11. The molecular weight excluding hydrogens is 795 g/mol. The maximum absolute atomic E-state index is 14.2. The van der Waals surface area contributed by atoms with Gasteiger partial charge in [-0.1, -0.05) is 44.2 Å². The summed E-state index contributed by atoms with van der Waals surface area (Å²) >= 11 is 0. The van der Waals surface area contributed by atoms with Crippen LogP contribution in [-0.4, -0.2) is 129 Å². The number of carbonyl (C=O) groups is 8. The van der Waals surface area contributed by atoms with Crippen molar-refractivity contribution in [2.45, 2.75) is 120 Å². The molecule has 0 radical (unpaired) electrons. The average molecular weight is 856 g/mol. The molecule has 0 unspecified atom stereocenters. The van der Waals surface area contributed by atoms with E-state index in [1.807, 2.05) is 13.8 Å². The Kier molecular flexibility index (Phi) is 20.8. The second-order valence-electron chi connectivity index (χ2n) is 15.4. The minimum atomic E-state index is -1.48. The van der Waals surface area contributed by atoms with Crippen molar-refractivity contribution in [1.29, 1.82) is 0 Å². The van der Waals surface area contributed by atoms with Gasteiger partial charge in [-0.05, 0) is 69.5 Å². The number of benzene rings is 1. The number of hydrogen-bond acceptors (Lipinski definition) is 12. The number of aromatic nitrogens is 2. The van der Waals surface area contributed by atoms with E-state index in [4.69, 9.17) is 11.5 Å². The number of aliphatic carboxylic acids is 1. The van der Waals surface area contributed by atoms with E-state index >= 15 is 0 Å². The lowest BCUT2D eigenvalue weighted by atomic mass is 10.0. The Bertz CT molecular complexity index is 1760. The van der Waals surface area contributed by atoms with Gasteiger partial charge in [-0.25, -0.2) is 9.78 Å². The van der Waals surface area contributed by atoms with Gasteiger partial charge in [0, 0.05) is 31.2 Å². The average Bonchev–Trinajstić information content (AvgIpc) is 3.96. The molecule has 2 heterocycles. The Balaban J connectivity index is 1.87. The molecule has 3 rings (SSSR count). The van der Waals surface area contributed by atoms with Crippen molar-refractivity contribution in [2.75, 3.05) is 19.7 Å². The van der Waals surface area contributed by atoms with Crippen molar-refractivity contribution in [1.82, 2.24) is 47.2 Å². The quantitative estimate of drug-likeness (QED) is 0.0410. The van der Waals surface area contributed by atoms with Gasteiger partial charge in [0.05, 0.1) is 19.0 Å². The number of H-pyrrole nitrogens is 1. The molecule has 0 bridgehead atoms. The molecule has 0 spiro atoms. The number of aliphatic hydroxyl groups is 1. The van der Waals surface area contributed by atoms with E-state index in [1.165, 1.54) is 12.5 Å². The molecule has 61 heavy (non-hydrogen) atoms. The van der Waals surface area contributed by atoms with E-state index in [1.54, 1.807) is 30.3 Å². The lowest BCUT2D eigenvalue weighted by Crippen LogP contribution is -2.61. The number of aliphatic hydroxyl groups excluding tert-OH is 1. The number of unbranched alkanes of at least 4 members (excludes halogenated alkanes) is 1. The zero-order valence-corrected chi connectivity index (χ0v) is 34.6. The van der Waals surface area contributed by atoms with Gasteiger partial charge in [0.2, 0.25) is 41.4 Å². The predicted octanol–water partition coefficient (Wildman–Crippen LogP) is -2.63. The highest BCUT2D eigenvalue weighted by atomic mass is 16.4. The maximum Gasteiger partial charge on any atom is 0.326 e. The molecule has 1 aromatic carbocycles. The summed E-state index contributed by atoms with van der Waals surface area (Å²) in [6.45, 7) is 3.82. The summed E-state index contributed by atoms with van der Waals surface area (Å²) in [5.41, 5.74) is 11.9. The predicted molar refractivity (Wildman–Crippen MR) is 221 cm³/mol. The van der Waals surface area contributed by atoms with E-state index in [9.17, 15) is 48.6 Å². The summed E-state index contributed by atoms with van der Waals surface area (Å²) < 4.78 is 0. The lowest BCUT2D eigenvalue weighted by molar-refractivity contribution is -0.142. The van der Waals surface area contributed by atoms with Crippen molar-refractivity contribution in [3.8, 4) is 0 Å². The van der Waals surface area contributed by atoms with Gasteiger partial charge in [-0.3, -0.25) is 33.6 Å². The van der Waals surface area contributed by atoms with E-state index in [0.717, 1.165) is 6.42 Å². The van der Waals surface area contributed by atoms with Crippen LogP contribution in [0.1, 0.15) is 76.5 Å². The molecule has 1 aliphatic rings. The number of carboxylic acids is 1. The molecular formula is C40H61N11O10. The molecule has 1 saturated heterocycles. The normalized spacial score (nSPS) is 16.5. The summed E-state index contributed by atoms with van der Waals surface area (Å²) in [6.07, 6.45) is 4.40. The van der Waals surface area contributed by atoms with Crippen LogP contribution in [0.25, 0.3) is 0 Å². The van der Waals surface area contributed by atoms with Crippen LogP contribution < -0.4 is 48.7 Å².